The van der Waals surface area contributed by atoms with E-state index in [-0.39, 0.29) is 5.91 Å². The van der Waals surface area contributed by atoms with Gasteiger partial charge in [-0.2, -0.15) is 0 Å². The summed E-state index contributed by atoms with van der Waals surface area (Å²) in [5.74, 6) is 0.657. The van der Waals surface area contributed by atoms with Crippen molar-refractivity contribution in [1.29, 1.82) is 0 Å². The summed E-state index contributed by atoms with van der Waals surface area (Å²) in [7, 11) is 0. The van der Waals surface area contributed by atoms with Crippen LogP contribution in [0.3, 0.4) is 0 Å². The second kappa shape index (κ2) is 8.15. The summed E-state index contributed by atoms with van der Waals surface area (Å²) >= 11 is 6.47. The Morgan fingerprint density at radius 1 is 1.12 bits per heavy atom. The number of aromatic amines is 1. The van der Waals surface area contributed by atoms with Gasteiger partial charge in [0.25, 0.3) is 5.91 Å². The second-order valence-corrected chi connectivity index (χ2v) is 9.51. The van der Waals surface area contributed by atoms with Crippen LogP contribution in [0.1, 0.15) is 24.0 Å². The number of likely N-dealkylation sites (tertiary alicyclic amines) is 1. The standard InChI is InChI=1S/C27H24ClN3O3/c28-19-14-17-15-23(26(32)31-12-8-27(33,9-13-31)18-4-2-1-3-5-18)34-24(17)22(16-19)20-6-10-29-25-21(20)7-11-30-25/h1-7,10-11,14,16,23,33H,8-9,12-13,15H2,(H,29,30)/t23-/m1/s1. The molecule has 2 aromatic heterocycles. The molecule has 2 aliphatic heterocycles. The van der Waals surface area contributed by atoms with Gasteiger partial charge in [0.05, 0.1) is 5.60 Å². The highest BCUT2D eigenvalue weighted by molar-refractivity contribution is 6.31. The molecular formula is C27H24ClN3O3. The minimum atomic E-state index is -0.901. The fourth-order valence-electron chi connectivity index (χ4n) is 5.20. The van der Waals surface area contributed by atoms with E-state index in [1.54, 1.807) is 6.20 Å². The number of H-pyrrole nitrogens is 1. The molecule has 6 rings (SSSR count). The Bertz CT molecular complexity index is 1380. The van der Waals surface area contributed by atoms with Crippen LogP contribution in [0.25, 0.3) is 22.2 Å². The number of piperidine rings is 1. The molecule has 0 bridgehead atoms. The summed E-state index contributed by atoms with van der Waals surface area (Å²) in [5.41, 5.74) is 3.54. The number of nitrogens with one attached hydrogen (secondary N) is 1. The molecular weight excluding hydrogens is 450 g/mol. The van der Waals surface area contributed by atoms with E-state index >= 15 is 0 Å². The molecule has 172 valence electrons. The Morgan fingerprint density at radius 2 is 1.91 bits per heavy atom. The van der Waals surface area contributed by atoms with Crippen molar-refractivity contribution in [2.24, 2.45) is 0 Å². The molecule has 6 nitrogen and oxygen atoms in total. The maximum atomic E-state index is 13.4. The third kappa shape index (κ3) is 3.54. The number of carbonyl (C=O) groups excluding carboxylic acids is 1. The summed E-state index contributed by atoms with van der Waals surface area (Å²) in [5, 5.41) is 12.7. The van der Waals surface area contributed by atoms with Crippen LogP contribution in [-0.4, -0.2) is 45.1 Å². The lowest BCUT2D eigenvalue weighted by Gasteiger charge is -2.39. The number of aliphatic hydroxyl groups is 1. The van der Waals surface area contributed by atoms with Crippen LogP contribution in [0.15, 0.2) is 67.0 Å². The Labute approximate surface area is 202 Å². The molecule has 7 heteroatoms. The minimum Gasteiger partial charge on any atom is -0.479 e. The molecule has 0 spiro atoms. The first-order valence-electron chi connectivity index (χ1n) is 11.5. The molecule has 2 aliphatic rings. The van der Waals surface area contributed by atoms with Crippen LogP contribution >= 0.6 is 11.6 Å². The molecule has 34 heavy (non-hydrogen) atoms. The van der Waals surface area contributed by atoms with Gasteiger partial charge in [-0.05, 0) is 48.2 Å². The van der Waals surface area contributed by atoms with Crippen molar-refractivity contribution in [3.63, 3.8) is 0 Å². The van der Waals surface area contributed by atoms with Gasteiger partial charge in [0, 0.05) is 53.4 Å². The lowest BCUT2D eigenvalue weighted by atomic mass is 9.84. The zero-order chi connectivity index (χ0) is 23.3. The summed E-state index contributed by atoms with van der Waals surface area (Å²) in [4.78, 5) is 22.7. The van der Waals surface area contributed by atoms with Crippen molar-refractivity contribution < 1.29 is 14.6 Å². The summed E-state index contributed by atoms with van der Waals surface area (Å²) in [6, 6.07) is 17.4. The highest BCUT2D eigenvalue weighted by atomic mass is 35.5. The summed E-state index contributed by atoms with van der Waals surface area (Å²) < 4.78 is 6.28. The first-order valence-corrected chi connectivity index (χ1v) is 11.9. The van der Waals surface area contributed by atoms with Crippen LogP contribution in [0.5, 0.6) is 5.75 Å². The maximum Gasteiger partial charge on any atom is 0.263 e. The Morgan fingerprint density at radius 3 is 2.71 bits per heavy atom. The number of halogens is 1. The van der Waals surface area contributed by atoms with Gasteiger partial charge in [-0.15, -0.1) is 0 Å². The summed E-state index contributed by atoms with van der Waals surface area (Å²) in [6.07, 6.45) is 4.48. The van der Waals surface area contributed by atoms with Gasteiger partial charge >= 0.3 is 0 Å². The van der Waals surface area contributed by atoms with Crippen LogP contribution < -0.4 is 4.74 Å². The minimum absolute atomic E-state index is 0.0464. The Hall–Kier alpha value is -3.35. The molecule has 0 saturated carbocycles. The van der Waals surface area contributed by atoms with Crippen LogP contribution in [0.4, 0.5) is 0 Å². The fraction of sp³-hybridized carbons (Fsp3) is 0.259. The molecule has 0 aliphatic carbocycles. The average Bonchev–Trinajstić information content (AvgIpc) is 3.51. The number of aromatic nitrogens is 2. The van der Waals surface area contributed by atoms with E-state index in [9.17, 15) is 9.90 Å². The quantitative estimate of drug-likeness (QED) is 0.452. The number of fused-ring (bicyclic) bond motifs is 2. The smallest absolute Gasteiger partial charge is 0.263 e. The van der Waals surface area contributed by atoms with E-state index < -0.39 is 11.7 Å². The zero-order valence-electron chi connectivity index (χ0n) is 18.5. The predicted octanol–water partition coefficient (Wildman–Crippen LogP) is 4.70. The predicted molar refractivity (Wildman–Crippen MR) is 131 cm³/mol. The number of nitrogens with zero attached hydrogens (tertiary/aromatic N) is 2. The van der Waals surface area contributed by atoms with Crippen molar-refractivity contribution in [2.45, 2.75) is 31.0 Å². The molecule has 1 fully saturated rings. The van der Waals surface area contributed by atoms with Gasteiger partial charge in [0.15, 0.2) is 6.10 Å². The van der Waals surface area contributed by atoms with Crippen molar-refractivity contribution >= 4 is 28.5 Å². The highest BCUT2D eigenvalue weighted by Gasteiger charge is 2.39. The molecule has 2 aromatic carbocycles. The Kier molecular flexibility index (Phi) is 5.08. The fourth-order valence-corrected chi connectivity index (χ4v) is 5.44. The van der Waals surface area contributed by atoms with Crippen molar-refractivity contribution in [1.82, 2.24) is 14.9 Å². The Balaban J connectivity index is 1.23. The first kappa shape index (κ1) is 21.2. The number of amides is 1. The number of rotatable bonds is 3. The zero-order valence-corrected chi connectivity index (χ0v) is 19.3. The van der Waals surface area contributed by atoms with E-state index in [1.807, 2.05) is 65.7 Å². The van der Waals surface area contributed by atoms with Gasteiger partial charge in [-0.3, -0.25) is 4.79 Å². The molecule has 1 saturated heterocycles. The topological polar surface area (TPSA) is 78.5 Å². The second-order valence-electron chi connectivity index (χ2n) is 9.07. The summed E-state index contributed by atoms with van der Waals surface area (Å²) in [6.45, 7) is 0.977. The monoisotopic (exact) mass is 473 g/mol. The number of ether oxygens (including phenoxy) is 1. The van der Waals surface area contributed by atoms with Gasteiger partial charge in [-0.1, -0.05) is 41.9 Å². The van der Waals surface area contributed by atoms with Gasteiger partial charge in [0.1, 0.15) is 11.4 Å². The van der Waals surface area contributed by atoms with Crippen molar-refractivity contribution in [3.05, 3.63) is 83.1 Å². The van der Waals surface area contributed by atoms with Gasteiger partial charge in [-0.25, -0.2) is 4.98 Å². The molecule has 1 amide bonds. The molecule has 2 N–H and O–H groups in total. The van der Waals surface area contributed by atoms with Crippen LogP contribution in [0.2, 0.25) is 5.02 Å². The van der Waals surface area contributed by atoms with E-state index in [4.69, 9.17) is 16.3 Å². The van der Waals surface area contributed by atoms with E-state index in [1.165, 1.54) is 0 Å². The number of pyridine rings is 1. The average molecular weight is 474 g/mol. The maximum absolute atomic E-state index is 13.4. The third-order valence-electron chi connectivity index (χ3n) is 7.04. The van der Waals surface area contributed by atoms with Crippen molar-refractivity contribution in [3.8, 4) is 16.9 Å². The molecule has 1 atom stereocenters. The lowest BCUT2D eigenvalue weighted by Crippen LogP contribution is -2.49. The normalized spacial score (nSPS) is 19.1. The molecule has 0 unspecified atom stereocenters. The van der Waals surface area contributed by atoms with E-state index in [2.05, 4.69) is 9.97 Å². The highest BCUT2D eigenvalue weighted by Crippen LogP contribution is 2.43. The number of hydrogen-bond acceptors (Lipinski definition) is 4. The SMILES string of the molecule is O=C([C@H]1Cc2cc(Cl)cc(-c3ccnc4[nH]ccc34)c2O1)N1CCC(O)(c2ccccc2)CC1. The van der Waals surface area contributed by atoms with Gasteiger partial charge in [0.2, 0.25) is 0 Å². The van der Waals surface area contributed by atoms with Crippen LogP contribution in [-0.2, 0) is 16.8 Å². The van der Waals surface area contributed by atoms with Gasteiger partial charge < -0.3 is 19.7 Å². The van der Waals surface area contributed by atoms with E-state index in [0.29, 0.717) is 43.1 Å². The first-order chi connectivity index (χ1) is 16.5. The number of hydrogen-bond donors (Lipinski definition) is 2. The molecule has 4 heterocycles. The number of carbonyl (C=O) groups is 1. The van der Waals surface area contributed by atoms with E-state index in [0.717, 1.165) is 33.3 Å². The molecule has 4 aromatic rings. The third-order valence-corrected chi connectivity index (χ3v) is 7.25. The lowest BCUT2D eigenvalue weighted by molar-refractivity contribution is -0.142. The largest absolute Gasteiger partial charge is 0.479 e. The van der Waals surface area contributed by atoms with Crippen molar-refractivity contribution in [2.75, 3.05) is 13.1 Å². The number of benzene rings is 2. The van der Waals surface area contributed by atoms with Crippen LogP contribution in [0, 0.1) is 0 Å². The molecule has 0 radical (unpaired) electrons.